The van der Waals surface area contributed by atoms with Crippen molar-refractivity contribution in [2.45, 2.75) is 6.42 Å². The van der Waals surface area contributed by atoms with Crippen LogP contribution in [-0.2, 0) is 14.3 Å². The maximum Gasteiger partial charge on any atom is 0.337 e. The van der Waals surface area contributed by atoms with Crippen molar-refractivity contribution in [1.29, 1.82) is 0 Å². The molecule has 0 spiro atoms. The molecule has 1 unspecified atom stereocenters. The van der Waals surface area contributed by atoms with E-state index in [1.807, 2.05) is 0 Å². The topological polar surface area (TPSA) is 75.7 Å². The summed E-state index contributed by atoms with van der Waals surface area (Å²) in [7, 11) is 1.29. The average Bonchev–Trinajstić information content (AvgIpc) is 3.03. The summed E-state index contributed by atoms with van der Waals surface area (Å²) in [5.41, 5.74) is 1.41. The van der Waals surface area contributed by atoms with Crippen LogP contribution in [0.25, 0.3) is 0 Å². The highest BCUT2D eigenvalue weighted by Gasteiger charge is 2.35. The fraction of sp³-hybridized carbons (Fsp3) is 0.211. The van der Waals surface area contributed by atoms with Gasteiger partial charge in [0, 0.05) is 18.7 Å². The van der Waals surface area contributed by atoms with Crippen LogP contribution in [0.2, 0.25) is 5.02 Å². The highest BCUT2D eigenvalue weighted by Crippen LogP contribution is 2.31. The molecular weight excluding hydrogens is 356 g/mol. The summed E-state index contributed by atoms with van der Waals surface area (Å²) >= 11 is 6.15. The minimum absolute atomic E-state index is 0.105. The van der Waals surface area contributed by atoms with Crippen molar-refractivity contribution < 1.29 is 19.1 Å². The van der Waals surface area contributed by atoms with Gasteiger partial charge in [-0.1, -0.05) is 29.8 Å². The van der Waals surface area contributed by atoms with E-state index in [9.17, 15) is 14.4 Å². The van der Waals surface area contributed by atoms with Crippen LogP contribution in [-0.4, -0.2) is 31.4 Å². The lowest BCUT2D eigenvalue weighted by molar-refractivity contribution is -0.122. The average molecular weight is 373 g/mol. The Kier molecular flexibility index (Phi) is 5.23. The molecular formula is C19H17ClN2O4. The zero-order valence-corrected chi connectivity index (χ0v) is 14.8. The van der Waals surface area contributed by atoms with E-state index in [0.717, 1.165) is 0 Å². The summed E-state index contributed by atoms with van der Waals surface area (Å²) in [5.74, 6) is -1.42. The number of methoxy groups -OCH3 is 1. The first kappa shape index (κ1) is 17.9. The van der Waals surface area contributed by atoms with Gasteiger partial charge >= 0.3 is 5.97 Å². The predicted molar refractivity (Wildman–Crippen MR) is 98.3 cm³/mol. The summed E-state index contributed by atoms with van der Waals surface area (Å²) in [4.78, 5) is 37.9. The molecule has 0 saturated carbocycles. The number of halogens is 1. The van der Waals surface area contributed by atoms with Gasteiger partial charge in [0.2, 0.25) is 11.8 Å². The summed E-state index contributed by atoms with van der Waals surface area (Å²) in [6.45, 7) is 0.255. The lowest BCUT2D eigenvalue weighted by Gasteiger charge is -2.18. The van der Waals surface area contributed by atoms with E-state index >= 15 is 0 Å². The Balaban J connectivity index is 1.71. The van der Waals surface area contributed by atoms with Crippen LogP contribution in [0.1, 0.15) is 16.8 Å². The first-order valence-electron chi connectivity index (χ1n) is 8.03. The van der Waals surface area contributed by atoms with Crippen molar-refractivity contribution in [1.82, 2.24) is 0 Å². The van der Waals surface area contributed by atoms with Gasteiger partial charge < -0.3 is 15.0 Å². The first-order valence-corrected chi connectivity index (χ1v) is 8.41. The Hall–Kier alpha value is -2.86. The summed E-state index contributed by atoms with van der Waals surface area (Å²) in [6, 6.07) is 13.5. The Morgan fingerprint density at radius 2 is 1.96 bits per heavy atom. The van der Waals surface area contributed by atoms with Gasteiger partial charge in [-0.25, -0.2) is 4.79 Å². The van der Waals surface area contributed by atoms with Gasteiger partial charge in [0.25, 0.3) is 0 Å². The quantitative estimate of drug-likeness (QED) is 0.837. The molecule has 3 rings (SSSR count). The van der Waals surface area contributed by atoms with Crippen LogP contribution >= 0.6 is 11.6 Å². The third kappa shape index (κ3) is 3.70. The molecule has 7 heteroatoms. The SMILES string of the molecule is COC(=O)c1cccc(NC(=O)C2CC(=O)N(c3ccccc3Cl)C2)c1. The number of hydrogen-bond acceptors (Lipinski definition) is 4. The maximum absolute atomic E-state index is 12.5. The number of ether oxygens (including phenoxy) is 1. The van der Waals surface area contributed by atoms with Crippen molar-refractivity contribution in [3.05, 3.63) is 59.1 Å². The molecule has 1 saturated heterocycles. The molecule has 6 nitrogen and oxygen atoms in total. The predicted octanol–water partition coefficient (Wildman–Crippen LogP) is 3.12. The first-order chi connectivity index (χ1) is 12.5. The van der Waals surface area contributed by atoms with E-state index in [-0.39, 0.29) is 24.8 Å². The van der Waals surface area contributed by atoms with E-state index in [2.05, 4.69) is 10.1 Å². The number of hydrogen-bond donors (Lipinski definition) is 1. The van der Waals surface area contributed by atoms with Crippen LogP contribution in [0.15, 0.2) is 48.5 Å². The zero-order chi connectivity index (χ0) is 18.7. The number of para-hydroxylation sites is 1. The van der Waals surface area contributed by atoms with Crippen LogP contribution in [0.5, 0.6) is 0 Å². The molecule has 2 amide bonds. The largest absolute Gasteiger partial charge is 0.465 e. The highest BCUT2D eigenvalue weighted by atomic mass is 35.5. The number of carbonyl (C=O) groups excluding carboxylic acids is 3. The van der Waals surface area contributed by atoms with Gasteiger partial charge in [-0.05, 0) is 30.3 Å². The van der Waals surface area contributed by atoms with Crippen molar-refractivity contribution in [2.24, 2.45) is 5.92 Å². The molecule has 2 aromatic carbocycles. The number of nitrogens with zero attached hydrogens (tertiary/aromatic N) is 1. The number of anilines is 2. The molecule has 1 aliphatic heterocycles. The molecule has 0 bridgehead atoms. The Labute approximate surface area is 155 Å². The highest BCUT2D eigenvalue weighted by molar-refractivity contribution is 6.33. The van der Waals surface area contributed by atoms with Gasteiger partial charge in [-0.15, -0.1) is 0 Å². The van der Waals surface area contributed by atoms with Gasteiger partial charge in [-0.3, -0.25) is 9.59 Å². The second-order valence-electron chi connectivity index (χ2n) is 5.92. The Morgan fingerprint density at radius 1 is 1.19 bits per heavy atom. The van der Waals surface area contributed by atoms with Gasteiger partial charge in [0.15, 0.2) is 0 Å². The summed E-state index contributed by atoms with van der Waals surface area (Å²) in [6.07, 6.45) is 0.105. The second-order valence-corrected chi connectivity index (χ2v) is 6.33. The van der Waals surface area contributed by atoms with E-state index in [1.165, 1.54) is 18.1 Å². The maximum atomic E-state index is 12.5. The van der Waals surface area contributed by atoms with Crippen molar-refractivity contribution in [3.8, 4) is 0 Å². The minimum Gasteiger partial charge on any atom is -0.465 e. The van der Waals surface area contributed by atoms with Crippen molar-refractivity contribution in [2.75, 3.05) is 23.9 Å². The second kappa shape index (κ2) is 7.58. The number of nitrogens with one attached hydrogen (secondary N) is 1. The van der Waals surface area contributed by atoms with Gasteiger partial charge in [0.1, 0.15) is 0 Å². The lowest BCUT2D eigenvalue weighted by Crippen LogP contribution is -2.28. The molecule has 26 heavy (non-hydrogen) atoms. The van der Waals surface area contributed by atoms with Gasteiger partial charge in [0.05, 0.1) is 29.3 Å². The molecule has 1 fully saturated rings. The number of rotatable bonds is 4. The molecule has 1 heterocycles. The number of esters is 1. The van der Waals surface area contributed by atoms with Crippen LogP contribution in [0.4, 0.5) is 11.4 Å². The third-order valence-corrected chi connectivity index (χ3v) is 4.51. The molecule has 0 radical (unpaired) electrons. The van der Waals surface area contributed by atoms with E-state index in [0.29, 0.717) is 22.0 Å². The zero-order valence-electron chi connectivity index (χ0n) is 14.1. The summed E-state index contributed by atoms with van der Waals surface area (Å²) in [5, 5.41) is 3.22. The van der Waals surface area contributed by atoms with Crippen molar-refractivity contribution in [3.63, 3.8) is 0 Å². The molecule has 2 aromatic rings. The molecule has 0 aromatic heterocycles. The number of benzene rings is 2. The Bertz CT molecular complexity index is 868. The lowest BCUT2D eigenvalue weighted by atomic mass is 10.1. The van der Waals surface area contributed by atoms with Gasteiger partial charge in [-0.2, -0.15) is 0 Å². The molecule has 134 valence electrons. The number of carbonyl (C=O) groups is 3. The summed E-state index contributed by atoms with van der Waals surface area (Å²) < 4.78 is 4.67. The van der Waals surface area contributed by atoms with Crippen molar-refractivity contribution >= 4 is 40.8 Å². The third-order valence-electron chi connectivity index (χ3n) is 4.19. The van der Waals surface area contributed by atoms with E-state index in [4.69, 9.17) is 11.6 Å². The normalized spacial score (nSPS) is 16.5. The van der Waals surface area contributed by atoms with E-state index < -0.39 is 11.9 Å². The van der Waals surface area contributed by atoms with E-state index in [1.54, 1.807) is 42.5 Å². The smallest absolute Gasteiger partial charge is 0.337 e. The van der Waals surface area contributed by atoms with Crippen LogP contribution in [0.3, 0.4) is 0 Å². The monoisotopic (exact) mass is 372 g/mol. The molecule has 1 N–H and O–H groups in total. The fourth-order valence-corrected chi connectivity index (χ4v) is 3.11. The minimum atomic E-state index is -0.499. The molecule has 1 atom stereocenters. The number of amides is 2. The van der Waals surface area contributed by atoms with Crippen LogP contribution in [0, 0.1) is 5.92 Å². The Morgan fingerprint density at radius 3 is 2.69 bits per heavy atom. The standard InChI is InChI=1S/C19H17ClN2O4/c1-26-19(25)12-5-4-6-14(9-12)21-18(24)13-10-17(23)22(11-13)16-8-3-2-7-15(16)20/h2-9,13H,10-11H2,1H3,(H,21,24). The molecule has 1 aliphatic rings. The van der Waals surface area contributed by atoms with Crippen LogP contribution < -0.4 is 10.2 Å². The molecule has 0 aliphatic carbocycles. The fourth-order valence-electron chi connectivity index (χ4n) is 2.87.